The molecule has 0 aromatic carbocycles. The van der Waals surface area contributed by atoms with Crippen molar-refractivity contribution < 1.29 is 9.53 Å². The molecule has 0 amide bonds. The van der Waals surface area contributed by atoms with Crippen LogP contribution in [0.3, 0.4) is 0 Å². The van der Waals surface area contributed by atoms with E-state index in [0.717, 1.165) is 32.4 Å². The minimum atomic E-state index is -0.0430. The minimum absolute atomic E-state index is 0.0193. The largest absolute Gasteiger partial charge is 0.464 e. The summed E-state index contributed by atoms with van der Waals surface area (Å²) in [7, 11) is 0. The molecule has 0 aliphatic carbocycles. The second-order valence-electron chi connectivity index (χ2n) is 5.25. The highest BCUT2D eigenvalue weighted by atomic mass is 16.5. The number of carbonyl (C=O) groups is 1. The van der Waals surface area contributed by atoms with Gasteiger partial charge in [0, 0.05) is 18.7 Å². The van der Waals surface area contributed by atoms with Gasteiger partial charge in [-0.15, -0.1) is 0 Å². The van der Waals surface area contributed by atoms with Gasteiger partial charge in [-0.1, -0.05) is 0 Å². The molecule has 2 fully saturated rings. The van der Waals surface area contributed by atoms with Gasteiger partial charge in [0.25, 0.3) is 0 Å². The third-order valence-corrected chi connectivity index (χ3v) is 3.89. The zero-order valence-electron chi connectivity index (χ0n) is 10.7. The first-order valence-corrected chi connectivity index (χ1v) is 6.65. The number of aromatic nitrogens is 2. The molecule has 0 unspecified atom stereocenters. The highest BCUT2D eigenvalue weighted by Crippen LogP contribution is 2.26. The summed E-state index contributed by atoms with van der Waals surface area (Å²) in [5, 5.41) is 4.33. The van der Waals surface area contributed by atoms with Crippen molar-refractivity contribution in [2.75, 3.05) is 13.2 Å². The van der Waals surface area contributed by atoms with Gasteiger partial charge in [-0.2, -0.15) is 5.10 Å². The highest BCUT2D eigenvalue weighted by Gasteiger charge is 2.38. The molecule has 2 aliphatic rings. The number of rotatable bonds is 3. The molecule has 2 aliphatic heterocycles. The predicted molar refractivity (Wildman–Crippen MR) is 66.1 cm³/mol. The zero-order chi connectivity index (χ0) is 12.5. The number of carbonyl (C=O) groups excluding carboxylic acids is 1. The van der Waals surface area contributed by atoms with Crippen molar-refractivity contribution in [3.05, 3.63) is 18.0 Å². The van der Waals surface area contributed by atoms with E-state index in [2.05, 4.69) is 16.2 Å². The molecule has 0 bridgehead atoms. The third kappa shape index (κ3) is 2.14. The lowest BCUT2D eigenvalue weighted by molar-refractivity contribution is -0.142. The smallest absolute Gasteiger partial charge is 0.323 e. The Labute approximate surface area is 107 Å². The first kappa shape index (κ1) is 11.7. The quantitative estimate of drug-likeness (QED) is 0.749. The van der Waals surface area contributed by atoms with E-state index < -0.39 is 0 Å². The Morgan fingerprint density at radius 3 is 3.06 bits per heavy atom. The highest BCUT2D eigenvalue weighted by molar-refractivity contribution is 5.77. The number of nitrogens with zero attached hydrogens (tertiary/aromatic N) is 3. The van der Waals surface area contributed by atoms with Crippen LogP contribution in [0.4, 0.5) is 0 Å². The summed E-state index contributed by atoms with van der Waals surface area (Å²) < 4.78 is 7.06. The molecule has 3 heterocycles. The van der Waals surface area contributed by atoms with Crippen molar-refractivity contribution in [2.45, 2.75) is 44.8 Å². The van der Waals surface area contributed by atoms with E-state index in [1.54, 1.807) is 0 Å². The van der Waals surface area contributed by atoms with Crippen LogP contribution in [-0.2, 0) is 16.1 Å². The Morgan fingerprint density at radius 1 is 1.50 bits per heavy atom. The molecule has 3 rings (SSSR count). The monoisotopic (exact) mass is 249 g/mol. The molecule has 0 saturated carbocycles. The third-order valence-electron chi connectivity index (χ3n) is 3.89. The lowest BCUT2D eigenvalue weighted by Gasteiger charge is -2.27. The maximum atomic E-state index is 11.7. The van der Waals surface area contributed by atoms with Crippen molar-refractivity contribution >= 4 is 5.97 Å². The minimum Gasteiger partial charge on any atom is -0.464 e. The molecule has 98 valence electrons. The molecule has 2 atom stereocenters. The number of ether oxygens (including phenoxy) is 1. The number of cyclic esters (lactones) is 1. The van der Waals surface area contributed by atoms with Gasteiger partial charge in [0.15, 0.2) is 0 Å². The van der Waals surface area contributed by atoms with Gasteiger partial charge in [0.1, 0.15) is 6.04 Å². The van der Waals surface area contributed by atoms with Gasteiger partial charge in [0.2, 0.25) is 0 Å². The van der Waals surface area contributed by atoms with Crippen LogP contribution < -0.4 is 0 Å². The van der Waals surface area contributed by atoms with Crippen molar-refractivity contribution in [1.29, 1.82) is 0 Å². The molecule has 2 saturated heterocycles. The first-order chi connectivity index (χ1) is 8.74. The summed E-state index contributed by atoms with van der Waals surface area (Å²) in [5.41, 5.74) is 1.18. The number of hydrogen-bond acceptors (Lipinski definition) is 4. The number of likely N-dealkylation sites (tertiary alicyclic amines) is 1. The van der Waals surface area contributed by atoms with Crippen LogP contribution in [0, 0.1) is 6.92 Å². The number of aryl methyl sites for hydroxylation is 1. The Bertz CT molecular complexity index is 443. The van der Waals surface area contributed by atoms with Gasteiger partial charge in [-0.3, -0.25) is 14.4 Å². The Morgan fingerprint density at radius 2 is 2.39 bits per heavy atom. The van der Waals surface area contributed by atoms with E-state index in [9.17, 15) is 4.79 Å². The Hall–Kier alpha value is -1.36. The number of esters is 1. The summed E-state index contributed by atoms with van der Waals surface area (Å²) in [6.45, 7) is 4.50. The number of hydrogen-bond donors (Lipinski definition) is 0. The van der Waals surface area contributed by atoms with Crippen molar-refractivity contribution in [3.8, 4) is 0 Å². The van der Waals surface area contributed by atoms with Crippen molar-refractivity contribution in [2.24, 2.45) is 0 Å². The Balaban J connectivity index is 1.69. The maximum Gasteiger partial charge on any atom is 0.323 e. The zero-order valence-corrected chi connectivity index (χ0v) is 10.7. The molecule has 18 heavy (non-hydrogen) atoms. The van der Waals surface area contributed by atoms with Gasteiger partial charge in [0.05, 0.1) is 19.3 Å². The van der Waals surface area contributed by atoms with Crippen LogP contribution in [0.5, 0.6) is 0 Å². The topological polar surface area (TPSA) is 47.4 Å². The maximum absolute atomic E-state index is 11.7. The molecule has 0 N–H and O–H groups in total. The molecule has 5 heteroatoms. The standard InChI is InChI=1S/C13H19N3O2/c1-10-7-14-15(8-10)9-11-3-2-5-16(11)12-4-6-18-13(12)17/h7-8,11-12H,2-6,9H2,1H3/t11-,12+/m1/s1. The van der Waals surface area contributed by atoms with E-state index in [-0.39, 0.29) is 12.0 Å². The van der Waals surface area contributed by atoms with Gasteiger partial charge in [-0.05, 0) is 31.9 Å². The van der Waals surface area contributed by atoms with Crippen LogP contribution >= 0.6 is 0 Å². The van der Waals surface area contributed by atoms with Gasteiger partial charge in [-0.25, -0.2) is 0 Å². The fourth-order valence-corrected chi connectivity index (χ4v) is 3.03. The molecule has 0 radical (unpaired) electrons. The van der Waals surface area contributed by atoms with Crippen LogP contribution in [0.2, 0.25) is 0 Å². The van der Waals surface area contributed by atoms with Crippen LogP contribution in [0.25, 0.3) is 0 Å². The first-order valence-electron chi connectivity index (χ1n) is 6.65. The van der Waals surface area contributed by atoms with E-state index >= 15 is 0 Å². The summed E-state index contributed by atoms with van der Waals surface area (Å²) in [5.74, 6) is -0.0430. The molecule has 1 aromatic rings. The van der Waals surface area contributed by atoms with Crippen LogP contribution in [0.1, 0.15) is 24.8 Å². The second kappa shape index (κ2) is 4.72. The summed E-state index contributed by atoms with van der Waals surface area (Å²) in [4.78, 5) is 14.0. The fraction of sp³-hybridized carbons (Fsp3) is 0.692. The molecular formula is C13H19N3O2. The van der Waals surface area contributed by atoms with Crippen LogP contribution in [-0.4, -0.2) is 45.9 Å². The predicted octanol–water partition coefficient (Wildman–Crippen LogP) is 0.971. The van der Waals surface area contributed by atoms with Crippen molar-refractivity contribution in [3.63, 3.8) is 0 Å². The van der Waals surface area contributed by atoms with E-state index in [0.29, 0.717) is 12.6 Å². The summed E-state index contributed by atoms with van der Waals surface area (Å²) in [6.07, 6.45) is 7.08. The van der Waals surface area contributed by atoms with Gasteiger partial charge >= 0.3 is 5.97 Å². The van der Waals surface area contributed by atoms with E-state index in [1.165, 1.54) is 5.56 Å². The van der Waals surface area contributed by atoms with Crippen molar-refractivity contribution in [1.82, 2.24) is 14.7 Å². The fourth-order valence-electron chi connectivity index (χ4n) is 3.03. The van der Waals surface area contributed by atoms with Gasteiger partial charge < -0.3 is 4.74 Å². The summed E-state index contributed by atoms with van der Waals surface area (Å²) in [6, 6.07) is 0.397. The second-order valence-corrected chi connectivity index (χ2v) is 5.25. The molecule has 1 aromatic heterocycles. The van der Waals surface area contributed by atoms with E-state index in [4.69, 9.17) is 4.74 Å². The Kier molecular flexibility index (Phi) is 3.07. The molecule has 0 spiro atoms. The lowest BCUT2D eigenvalue weighted by atomic mass is 10.1. The molecular weight excluding hydrogens is 230 g/mol. The summed E-state index contributed by atoms with van der Waals surface area (Å²) >= 11 is 0. The molecule has 5 nitrogen and oxygen atoms in total. The average molecular weight is 249 g/mol. The SMILES string of the molecule is Cc1cnn(C[C@H]2CCCN2[C@H]2CCOC2=O)c1. The normalized spacial score (nSPS) is 28.8. The van der Waals surface area contributed by atoms with E-state index in [1.807, 2.05) is 17.8 Å². The lowest BCUT2D eigenvalue weighted by Crippen LogP contribution is -2.43. The van der Waals surface area contributed by atoms with Crippen LogP contribution in [0.15, 0.2) is 12.4 Å². The average Bonchev–Trinajstić information content (AvgIpc) is 3.02.